The van der Waals surface area contributed by atoms with Crippen LogP contribution >= 0.6 is 0 Å². The van der Waals surface area contributed by atoms with Crippen molar-refractivity contribution in [1.82, 2.24) is 20.8 Å². The van der Waals surface area contributed by atoms with E-state index in [0.29, 0.717) is 31.2 Å². The van der Waals surface area contributed by atoms with Crippen molar-refractivity contribution in [2.24, 2.45) is 0 Å². The first kappa shape index (κ1) is 15.8. The fourth-order valence-electron chi connectivity index (χ4n) is 2.60. The fourth-order valence-corrected chi connectivity index (χ4v) is 2.60. The van der Waals surface area contributed by atoms with Crippen LogP contribution in [0, 0.1) is 6.92 Å². The molecule has 0 aliphatic heterocycles. The van der Waals surface area contributed by atoms with E-state index >= 15 is 0 Å². The normalized spacial score (nSPS) is 18.0. The van der Waals surface area contributed by atoms with Gasteiger partial charge in [0, 0.05) is 19.5 Å². The highest BCUT2D eigenvalue weighted by molar-refractivity contribution is 5.73. The molecule has 1 heterocycles. The monoisotopic (exact) mass is 296 g/mol. The van der Waals surface area contributed by atoms with Gasteiger partial charge < -0.3 is 20.3 Å². The molecule has 1 aromatic rings. The van der Waals surface area contributed by atoms with Gasteiger partial charge in [0.2, 0.25) is 5.89 Å². The SMILES string of the molecule is Cc1noc(CCNC(=O)NCC2(O)CCCCCC2)n1. The second-order valence-electron chi connectivity index (χ2n) is 5.73. The van der Waals surface area contributed by atoms with Gasteiger partial charge in [-0.25, -0.2) is 4.79 Å². The summed E-state index contributed by atoms with van der Waals surface area (Å²) in [6.45, 7) is 2.48. The number of carbonyl (C=O) groups excluding carboxylic acids is 1. The van der Waals surface area contributed by atoms with E-state index in [2.05, 4.69) is 20.8 Å². The minimum absolute atomic E-state index is 0.274. The summed E-state index contributed by atoms with van der Waals surface area (Å²) in [7, 11) is 0. The number of hydrogen-bond acceptors (Lipinski definition) is 5. The highest BCUT2D eigenvalue weighted by atomic mass is 16.5. The molecular formula is C14H24N4O3. The van der Waals surface area contributed by atoms with E-state index in [9.17, 15) is 9.90 Å². The average Bonchev–Trinajstić information content (AvgIpc) is 2.74. The predicted molar refractivity (Wildman–Crippen MR) is 76.8 cm³/mol. The standard InChI is InChI=1S/C14H24N4O3/c1-11-17-12(21-18-11)6-9-15-13(19)16-10-14(20)7-4-2-3-5-8-14/h20H,2-10H2,1H3,(H2,15,16,19). The number of aromatic nitrogens is 2. The molecule has 0 radical (unpaired) electrons. The number of urea groups is 1. The maximum absolute atomic E-state index is 11.7. The van der Waals surface area contributed by atoms with Crippen LogP contribution in [0.1, 0.15) is 50.2 Å². The van der Waals surface area contributed by atoms with Crippen molar-refractivity contribution >= 4 is 6.03 Å². The van der Waals surface area contributed by atoms with Gasteiger partial charge in [0.25, 0.3) is 0 Å². The zero-order valence-corrected chi connectivity index (χ0v) is 12.5. The molecule has 0 unspecified atom stereocenters. The number of hydrogen-bond donors (Lipinski definition) is 3. The van der Waals surface area contributed by atoms with Crippen molar-refractivity contribution in [2.75, 3.05) is 13.1 Å². The minimum atomic E-state index is -0.753. The number of carbonyl (C=O) groups is 1. The van der Waals surface area contributed by atoms with Gasteiger partial charge in [0.05, 0.1) is 5.60 Å². The van der Waals surface area contributed by atoms with E-state index in [4.69, 9.17) is 4.52 Å². The molecule has 1 aliphatic carbocycles. The van der Waals surface area contributed by atoms with Crippen LogP contribution in [-0.4, -0.2) is 40.0 Å². The Morgan fingerprint density at radius 1 is 1.29 bits per heavy atom. The molecule has 7 heteroatoms. The van der Waals surface area contributed by atoms with E-state index in [0.717, 1.165) is 38.5 Å². The number of aliphatic hydroxyl groups is 1. The second-order valence-corrected chi connectivity index (χ2v) is 5.73. The van der Waals surface area contributed by atoms with Gasteiger partial charge in [-0.3, -0.25) is 0 Å². The molecule has 1 aliphatic rings. The lowest BCUT2D eigenvalue weighted by Crippen LogP contribution is -2.46. The maximum Gasteiger partial charge on any atom is 0.314 e. The molecule has 1 saturated carbocycles. The molecule has 118 valence electrons. The first-order valence-corrected chi connectivity index (χ1v) is 7.61. The lowest BCUT2D eigenvalue weighted by molar-refractivity contribution is 0.0277. The summed E-state index contributed by atoms with van der Waals surface area (Å²) in [5.74, 6) is 1.10. The van der Waals surface area contributed by atoms with Crippen LogP contribution in [0.5, 0.6) is 0 Å². The summed E-state index contributed by atoms with van der Waals surface area (Å²) in [6.07, 6.45) is 6.39. The van der Waals surface area contributed by atoms with E-state index in [1.54, 1.807) is 6.92 Å². The quantitative estimate of drug-likeness (QED) is 0.711. The zero-order chi connectivity index (χ0) is 15.1. The summed E-state index contributed by atoms with van der Waals surface area (Å²) in [5, 5.41) is 19.6. The average molecular weight is 296 g/mol. The van der Waals surface area contributed by atoms with E-state index < -0.39 is 5.60 Å². The Bertz CT molecular complexity index is 453. The van der Waals surface area contributed by atoms with Crippen LogP contribution in [-0.2, 0) is 6.42 Å². The molecule has 0 aromatic carbocycles. The Hall–Kier alpha value is -1.63. The maximum atomic E-state index is 11.7. The molecule has 21 heavy (non-hydrogen) atoms. The summed E-state index contributed by atoms with van der Waals surface area (Å²) in [4.78, 5) is 15.8. The van der Waals surface area contributed by atoms with Crippen LogP contribution < -0.4 is 10.6 Å². The molecule has 2 amide bonds. The van der Waals surface area contributed by atoms with Crippen LogP contribution in [0.3, 0.4) is 0 Å². The van der Waals surface area contributed by atoms with Crippen LogP contribution in [0.25, 0.3) is 0 Å². The molecular weight excluding hydrogens is 272 g/mol. The summed E-state index contributed by atoms with van der Waals surface area (Å²) in [5.41, 5.74) is -0.753. The fraction of sp³-hybridized carbons (Fsp3) is 0.786. The molecule has 3 N–H and O–H groups in total. The van der Waals surface area contributed by atoms with Crippen molar-refractivity contribution < 1.29 is 14.4 Å². The number of nitrogens with zero attached hydrogens (tertiary/aromatic N) is 2. The molecule has 2 rings (SSSR count). The molecule has 0 saturated heterocycles. The zero-order valence-electron chi connectivity index (χ0n) is 12.5. The van der Waals surface area contributed by atoms with Crippen LogP contribution in [0.4, 0.5) is 4.79 Å². The van der Waals surface area contributed by atoms with E-state index in [-0.39, 0.29) is 6.03 Å². The van der Waals surface area contributed by atoms with Crippen LogP contribution in [0.2, 0.25) is 0 Å². The largest absolute Gasteiger partial charge is 0.388 e. The number of amides is 2. The van der Waals surface area contributed by atoms with Gasteiger partial charge in [0.15, 0.2) is 5.82 Å². The van der Waals surface area contributed by atoms with Gasteiger partial charge >= 0.3 is 6.03 Å². The van der Waals surface area contributed by atoms with Gasteiger partial charge in [-0.1, -0.05) is 30.8 Å². The van der Waals surface area contributed by atoms with Gasteiger partial charge in [-0.2, -0.15) is 4.98 Å². The molecule has 0 atom stereocenters. The summed E-state index contributed by atoms with van der Waals surface area (Å²) in [6, 6.07) is -0.274. The lowest BCUT2D eigenvalue weighted by atomic mass is 9.95. The molecule has 0 bridgehead atoms. The Morgan fingerprint density at radius 3 is 2.62 bits per heavy atom. The first-order valence-electron chi connectivity index (χ1n) is 7.61. The van der Waals surface area contributed by atoms with E-state index in [1.807, 2.05) is 0 Å². The topological polar surface area (TPSA) is 100 Å². The van der Waals surface area contributed by atoms with Gasteiger partial charge in [0.1, 0.15) is 0 Å². The third-order valence-electron chi connectivity index (χ3n) is 3.81. The Balaban J connectivity index is 1.64. The third-order valence-corrected chi connectivity index (χ3v) is 3.81. The Kier molecular flexibility index (Phi) is 5.55. The van der Waals surface area contributed by atoms with Crippen molar-refractivity contribution in [3.63, 3.8) is 0 Å². The van der Waals surface area contributed by atoms with E-state index in [1.165, 1.54) is 0 Å². The highest BCUT2D eigenvalue weighted by Crippen LogP contribution is 2.26. The Morgan fingerprint density at radius 2 is 2.00 bits per heavy atom. The molecule has 0 spiro atoms. The van der Waals surface area contributed by atoms with Crippen molar-refractivity contribution in [1.29, 1.82) is 0 Å². The number of aryl methyl sites for hydroxylation is 1. The third kappa shape index (κ3) is 5.34. The van der Waals surface area contributed by atoms with Crippen LogP contribution in [0.15, 0.2) is 4.52 Å². The number of rotatable bonds is 5. The highest BCUT2D eigenvalue weighted by Gasteiger charge is 2.28. The smallest absolute Gasteiger partial charge is 0.314 e. The van der Waals surface area contributed by atoms with Gasteiger partial charge in [-0.05, 0) is 19.8 Å². The lowest BCUT2D eigenvalue weighted by Gasteiger charge is -2.26. The first-order chi connectivity index (χ1) is 10.1. The minimum Gasteiger partial charge on any atom is -0.388 e. The Labute approximate surface area is 124 Å². The predicted octanol–water partition coefficient (Wildman–Crippen LogP) is 1.31. The van der Waals surface area contributed by atoms with Crippen molar-refractivity contribution in [3.05, 3.63) is 11.7 Å². The summed E-state index contributed by atoms with van der Waals surface area (Å²) < 4.78 is 4.96. The molecule has 1 fully saturated rings. The number of nitrogens with one attached hydrogen (secondary N) is 2. The van der Waals surface area contributed by atoms with Crippen molar-refractivity contribution in [2.45, 2.75) is 57.5 Å². The van der Waals surface area contributed by atoms with Gasteiger partial charge in [-0.15, -0.1) is 0 Å². The summed E-state index contributed by atoms with van der Waals surface area (Å²) >= 11 is 0. The molecule has 1 aromatic heterocycles. The second kappa shape index (κ2) is 7.40. The molecule has 7 nitrogen and oxygen atoms in total. The van der Waals surface area contributed by atoms with Crippen molar-refractivity contribution in [3.8, 4) is 0 Å².